The Morgan fingerprint density at radius 3 is 2.76 bits per heavy atom. The average Bonchev–Trinajstić information content (AvgIpc) is 2.94. The van der Waals surface area contributed by atoms with Crippen LogP contribution in [0.4, 0.5) is 0 Å². The van der Waals surface area contributed by atoms with E-state index in [0.29, 0.717) is 5.02 Å². The molecule has 0 unspecified atom stereocenters. The van der Waals surface area contributed by atoms with Crippen molar-refractivity contribution in [3.63, 3.8) is 0 Å². The van der Waals surface area contributed by atoms with E-state index in [-0.39, 0.29) is 0 Å². The van der Waals surface area contributed by atoms with Gasteiger partial charge in [0.2, 0.25) is 0 Å². The lowest BCUT2D eigenvalue weighted by molar-refractivity contribution is 0.689. The molecule has 2 N–H and O–H groups in total. The summed E-state index contributed by atoms with van der Waals surface area (Å²) in [6.45, 7) is 1.71. The molecule has 3 rings (SSSR count). The summed E-state index contributed by atoms with van der Waals surface area (Å²) in [7, 11) is 0. The molecule has 0 fully saturated rings. The van der Waals surface area contributed by atoms with Gasteiger partial charge in [-0.15, -0.1) is 0 Å². The summed E-state index contributed by atoms with van der Waals surface area (Å²) >= 11 is 12.1. The Balaban J connectivity index is 1.58. The van der Waals surface area contributed by atoms with Crippen molar-refractivity contribution < 1.29 is 0 Å². The van der Waals surface area contributed by atoms with Crippen molar-refractivity contribution in [1.29, 1.82) is 0 Å². The lowest BCUT2D eigenvalue weighted by Gasteiger charge is -2.08. The lowest BCUT2D eigenvalue weighted by Crippen LogP contribution is -2.17. The van der Waals surface area contributed by atoms with Crippen molar-refractivity contribution in [3.05, 3.63) is 69.8 Å². The predicted octanol–water partition coefficient (Wildman–Crippen LogP) is 4.81. The number of nitrogens with one attached hydrogen (secondary N) is 2. The zero-order valence-corrected chi connectivity index (χ0v) is 13.0. The van der Waals surface area contributed by atoms with Gasteiger partial charge in [-0.2, -0.15) is 0 Å². The number of fused-ring (bicyclic) bond motifs is 1. The van der Waals surface area contributed by atoms with Gasteiger partial charge in [-0.3, -0.25) is 0 Å². The third-order valence-corrected chi connectivity index (χ3v) is 4.16. The van der Waals surface area contributed by atoms with Crippen molar-refractivity contribution in [1.82, 2.24) is 10.3 Å². The minimum absolute atomic E-state index is 0.676. The third kappa shape index (κ3) is 3.41. The van der Waals surface area contributed by atoms with Crippen LogP contribution < -0.4 is 5.32 Å². The van der Waals surface area contributed by atoms with E-state index in [1.807, 2.05) is 18.3 Å². The van der Waals surface area contributed by atoms with Gasteiger partial charge in [0.05, 0.1) is 0 Å². The molecule has 0 bridgehead atoms. The van der Waals surface area contributed by atoms with Gasteiger partial charge in [0.1, 0.15) is 0 Å². The van der Waals surface area contributed by atoms with Crippen LogP contribution in [0.5, 0.6) is 0 Å². The van der Waals surface area contributed by atoms with Gasteiger partial charge in [0.25, 0.3) is 0 Å². The van der Waals surface area contributed by atoms with Crippen LogP contribution in [0.25, 0.3) is 10.9 Å². The van der Waals surface area contributed by atoms with E-state index in [0.717, 1.165) is 30.1 Å². The number of halogens is 2. The Morgan fingerprint density at radius 2 is 1.90 bits per heavy atom. The van der Waals surface area contributed by atoms with Crippen LogP contribution in [-0.4, -0.2) is 11.5 Å². The van der Waals surface area contributed by atoms with Crippen molar-refractivity contribution in [2.45, 2.75) is 13.0 Å². The topological polar surface area (TPSA) is 27.8 Å². The number of aromatic nitrogens is 1. The normalized spacial score (nSPS) is 11.1. The Hall–Kier alpha value is -1.48. The molecule has 0 aliphatic carbocycles. The minimum atomic E-state index is 0.676. The van der Waals surface area contributed by atoms with Crippen molar-refractivity contribution in [2.75, 3.05) is 6.54 Å². The number of hydrogen-bond donors (Lipinski definition) is 2. The summed E-state index contributed by atoms with van der Waals surface area (Å²) in [5.41, 5.74) is 3.60. The molecule has 0 saturated heterocycles. The van der Waals surface area contributed by atoms with Crippen molar-refractivity contribution in [2.24, 2.45) is 0 Å². The number of benzene rings is 2. The highest BCUT2D eigenvalue weighted by atomic mass is 35.5. The summed E-state index contributed by atoms with van der Waals surface area (Å²) in [5.74, 6) is 0. The maximum Gasteiger partial charge on any atom is 0.0499 e. The molecule has 21 heavy (non-hydrogen) atoms. The molecule has 0 aliphatic heterocycles. The quantitative estimate of drug-likeness (QED) is 0.649. The van der Waals surface area contributed by atoms with Crippen LogP contribution in [-0.2, 0) is 13.0 Å². The first-order valence-corrected chi connectivity index (χ1v) is 7.69. The van der Waals surface area contributed by atoms with E-state index in [9.17, 15) is 0 Å². The summed E-state index contributed by atoms with van der Waals surface area (Å²) < 4.78 is 0. The van der Waals surface area contributed by atoms with Crippen LogP contribution in [0.1, 0.15) is 11.1 Å². The molecule has 0 spiro atoms. The highest BCUT2D eigenvalue weighted by Gasteiger charge is 2.03. The average molecular weight is 319 g/mol. The fraction of sp³-hybridized carbons (Fsp3) is 0.176. The first-order chi connectivity index (χ1) is 10.2. The second-order valence-corrected chi connectivity index (χ2v) is 5.87. The van der Waals surface area contributed by atoms with E-state index >= 15 is 0 Å². The van der Waals surface area contributed by atoms with Gasteiger partial charge in [-0.25, -0.2) is 0 Å². The molecular weight excluding hydrogens is 303 g/mol. The van der Waals surface area contributed by atoms with Crippen LogP contribution in [0.3, 0.4) is 0 Å². The van der Waals surface area contributed by atoms with Gasteiger partial charge >= 0.3 is 0 Å². The molecule has 2 aromatic carbocycles. The number of aromatic amines is 1. The predicted molar refractivity (Wildman–Crippen MR) is 90.2 cm³/mol. The molecule has 0 radical (unpaired) electrons. The number of H-pyrrole nitrogens is 1. The molecule has 4 heteroatoms. The molecule has 0 aliphatic rings. The fourth-order valence-electron chi connectivity index (χ4n) is 2.47. The van der Waals surface area contributed by atoms with E-state index in [1.54, 1.807) is 6.07 Å². The molecule has 0 atom stereocenters. The second-order valence-electron chi connectivity index (χ2n) is 5.02. The molecule has 3 aromatic rings. The summed E-state index contributed by atoms with van der Waals surface area (Å²) in [6.07, 6.45) is 2.86. The number of rotatable bonds is 5. The SMILES string of the molecule is Clc1ccc(CCNCc2cccc3cc[nH]c23)c(Cl)c1. The molecule has 0 saturated carbocycles. The van der Waals surface area contributed by atoms with Gasteiger partial charge in [0.15, 0.2) is 0 Å². The Morgan fingerprint density at radius 1 is 1.00 bits per heavy atom. The summed E-state index contributed by atoms with van der Waals surface area (Å²) in [6, 6.07) is 14.1. The highest BCUT2D eigenvalue weighted by molar-refractivity contribution is 6.35. The van der Waals surface area contributed by atoms with Crippen molar-refractivity contribution >= 4 is 34.1 Å². The highest BCUT2D eigenvalue weighted by Crippen LogP contribution is 2.21. The third-order valence-electron chi connectivity index (χ3n) is 3.58. The van der Waals surface area contributed by atoms with Crippen LogP contribution >= 0.6 is 23.2 Å². The number of hydrogen-bond acceptors (Lipinski definition) is 1. The maximum absolute atomic E-state index is 6.17. The summed E-state index contributed by atoms with van der Waals surface area (Å²) in [4.78, 5) is 3.29. The van der Waals surface area contributed by atoms with Gasteiger partial charge < -0.3 is 10.3 Å². The largest absolute Gasteiger partial charge is 0.361 e. The Bertz CT molecular complexity index is 749. The molecule has 0 amide bonds. The van der Waals surface area contributed by atoms with Gasteiger partial charge in [-0.05, 0) is 47.7 Å². The molecule has 1 heterocycles. The van der Waals surface area contributed by atoms with Crippen LogP contribution in [0, 0.1) is 0 Å². The molecule has 2 nitrogen and oxygen atoms in total. The van der Waals surface area contributed by atoms with Crippen LogP contribution in [0.15, 0.2) is 48.7 Å². The zero-order chi connectivity index (χ0) is 14.7. The number of para-hydroxylation sites is 1. The first-order valence-electron chi connectivity index (χ1n) is 6.93. The molecular formula is C17H16Cl2N2. The van der Waals surface area contributed by atoms with Gasteiger partial charge in [0, 0.05) is 28.3 Å². The Labute approximate surface area is 134 Å². The minimum Gasteiger partial charge on any atom is -0.361 e. The maximum atomic E-state index is 6.17. The van der Waals surface area contributed by atoms with E-state index in [4.69, 9.17) is 23.2 Å². The van der Waals surface area contributed by atoms with Crippen LogP contribution in [0.2, 0.25) is 10.0 Å². The standard InChI is InChI=1S/C17H16Cl2N2/c18-15-5-4-12(16(19)10-15)6-8-20-11-14-3-1-2-13-7-9-21-17(13)14/h1-5,7,9-10,20-21H,6,8,11H2. The lowest BCUT2D eigenvalue weighted by atomic mass is 10.1. The first kappa shape index (κ1) is 14.5. The van der Waals surface area contributed by atoms with E-state index in [1.165, 1.54) is 16.5 Å². The smallest absolute Gasteiger partial charge is 0.0499 e. The van der Waals surface area contributed by atoms with Gasteiger partial charge in [-0.1, -0.05) is 47.5 Å². The zero-order valence-electron chi connectivity index (χ0n) is 11.5. The van der Waals surface area contributed by atoms with Crippen molar-refractivity contribution in [3.8, 4) is 0 Å². The summed E-state index contributed by atoms with van der Waals surface area (Å²) in [5, 5.41) is 6.12. The fourth-order valence-corrected chi connectivity index (χ4v) is 2.97. The molecule has 108 valence electrons. The Kier molecular flexibility index (Phi) is 4.49. The molecule has 1 aromatic heterocycles. The monoisotopic (exact) mass is 318 g/mol. The van der Waals surface area contributed by atoms with E-state index in [2.05, 4.69) is 34.6 Å². The van der Waals surface area contributed by atoms with E-state index < -0.39 is 0 Å². The second kappa shape index (κ2) is 6.52.